The molecule has 0 heterocycles. The SMILES string of the molecule is C.CCC#CCC1(CC#CCC)c2cc(C)ccc2-c2ccc(C)cc21.CCC#CCC1(CC#CCC)c2cc(C)ccc2-c2ccc(C)cc21. The van der Waals surface area contributed by atoms with Gasteiger partial charge in [-0.1, -0.05) is 130 Å². The van der Waals surface area contributed by atoms with Crippen molar-refractivity contribution in [3.05, 3.63) is 117 Å². The maximum Gasteiger partial charge on any atom is 0.0433 e. The minimum absolute atomic E-state index is 0. The molecule has 4 aromatic carbocycles. The summed E-state index contributed by atoms with van der Waals surface area (Å²) in [6, 6.07) is 27.4. The van der Waals surface area contributed by atoms with E-state index in [1.807, 2.05) is 0 Å². The van der Waals surface area contributed by atoms with Gasteiger partial charge in [-0.25, -0.2) is 0 Å². The second kappa shape index (κ2) is 17.4. The third-order valence-corrected chi connectivity index (χ3v) is 10.1. The summed E-state index contributed by atoms with van der Waals surface area (Å²) in [5.74, 6) is 26.9. The van der Waals surface area contributed by atoms with E-state index in [0.29, 0.717) is 0 Å². The van der Waals surface area contributed by atoms with Crippen molar-refractivity contribution in [1.82, 2.24) is 0 Å². The van der Waals surface area contributed by atoms with Crippen LogP contribution in [0.25, 0.3) is 22.3 Å². The summed E-state index contributed by atoms with van der Waals surface area (Å²) in [5.41, 5.74) is 16.1. The van der Waals surface area contributed by atoms with E-state index >= 15 is 0 Å². The van der Waals surface area contributed by atoms with E-state index in [0.717, 1.165) is 51.4 Å². The first-order valence-electron chi connectivity index (χ1n) is 18.5. The Morgan fingerprint density at radius 2 is 0.569 bits per heavy atom. The molecule has 6 rings (SSSR count). The minimum atomic E-state index is -0.104. The van der Waals surface area contributed by atoms with Crippen LogP contribution in [0.2, 0.25) is 0 Å². The Balaban J connectivity index is 0.000000224. The van der Waals surface area contributed by atoms with Gasteiger partial charge in [0.25, 0.3) is 0 Å². The summed E-state index contributed by atoms with van der Waals surface area (Å²) in [7, 11) is 0. The van der Waals surface area contributed by atoms with Crippen molar-refractivity contribution in [3.8, 4) is 69.6 Å². The Bertz CT molecular complexity index is 1810. The second-order valence-electron chi connectivity index (χ2n) is 13.9. The molecule has 0 spiro atoms. The fraction of sp³-hybridized carbons (Fsp3) is 0.373. The van der Waals surface area contributed by atoms with Crippen LogP contribution in [0, 0.1) is 75.1 Å². The lowest BCUT2D eigenvalue weighted by molar-refractivity contribution is 0.558. The molecular formula is C51H56. The molecule has 0 bridgehead atoms. The Kier molecular flexibility index (Phi) is 13.2. The molecule has 2 aliphatic carbocycles. The van der Waals surface area contributed by atoms with Gasteiger partial charge in [-0.15, -0.1) is 47.4 Å². The van der Waals surface area contributed by atoms with Crippen LogP contribution in [-0.2, 0) is 10.8 Å². The molecule has 0 radical (unpaired) electrons. The molecular weight excluding hydrogens is 613 g/mol. The van der Waals surface area contributed by atoms with E-state index in [1.165, 1.54) is 66.8 Å². The van der Waals surface area contributed by atoms with E-state index in [4.69, 9.17) is 0 Å². The summed E-state index contributed by atoms with van der Waals surface area (Å²) in [5, 5.41) is 0. The second-order valence-corrected chi connectivity index (χ2v) is 13.9. The van der Waals surface area contributed by atoms with Gasteiger partial charge in [-0.3, -0.25) is 0 Å². The Morgan fingerprint density at radius 3 is 0.765 bits per heavy atom. The summed E-state index contributed by atoms with van der Waals surface area (Å²) < 4.78 is 0. The smallest absolute Gasteiger partial charge is 0.0433 e. The predicted octanol–water partition coefficient (Wildman–Crippen LogP) is 13.0. The minimum Gasteiger partial charge on any atom is -0.104 e. The van der Waals surface area contributed by atoms with Crippen molar-refractivity contribution < 1.29 is 0 Å². The Morgan fingerprint density at radius 1 is 0.353 bits per heavy atom. The maximum atomic E-state index is 3.45. The van der Waals surface area contributed by atoms with Gasteiger partial charge in [0.05, 0.1) is 0 Å². The molecule has 0 atom stereocenters. The van der Waals surface area contributed by atoms with Crippen molar-refractivity contribution in [2.45, 2.75) is 125 Å². The molecule has 0 nitrogen and oxygen atoms in total. The number of aryl methyl sites for hydroxylation is 4. The Hall–Kier alpha value is -4.88. The van der Waals surface area contributed by atoms with Crippen LogP contribution >= 0.6 is 0 Å². The fourth-order valence-corrected chi connectivity index (χ4v) is 7.69. The molecule has 4 aromatic rings. The van der Waals surface area contributed by atoms with Crippen molar-refractivity contribution >= 4 is 0 Å². The fourth-order valence-electron chi connectivity index (χ4n) is 7.69. The third kappa shape index (κ3) is 7.89. The summed E-state index contributed by atoms with van der Waals surface area (Å²) in [4.78, 5) is 0. The highest BCUT2D eigenvalue weighted by Crippen LogP contribution is 2.54. The van der Waals surface area contributed by atoms with Gasteiger partial charge in [0.15, 0.2) is 0 Å². The molecule has 0 aromatic heterocycles. The van der Waals surface area contributed by atoms with Crippen LogP contribution in [0.4, 0.5) is 0 Å². The van der Waals surface area contributed by atoms with Crippen molar-refractivity contribution in [3.63, 3.8) is 0 Å². The monoisotopic (exact) mass is 668 g/mol. The quantitative estimate of drug-likeness (QED) is 0.190. The molecule has 260 valence electrons. The zero-order chi connectivity index (χ0) is 35.7. The van der Waals surface area contributed by atoms with Crippen LogP contribution in [0.3, 0.4) is 0 Å². The molecule has 0 amide bonds. The zero-order valence-corrected chi connectivity index (χ0v) is 31.6. The predicted molar refractivity (Wildman–Crippen MR) is 222 cm³/mol. The number of hydrogen-bond acceptors (Lipinski definition) is 0. The van der Waals surface area contributed by atoms with Crippen molar-refractivity contribution in [2.24, 2.45) is 0 Å². The van der Waals surface area contributed by atoms with Gasteiger partial charge in [-0.2, -0.15) is 0 Å². The number of rotatable bonds is 4. The molecule has 0 aliphatic heterocycles. The van der Waals surface area contributed by atoms with Crippen LogP contribution in [-0.4, -0.2) is 0 Å². The van der Waals surface area contributed by atoms with E-state index < -0.39 is 0 Å². The van der Waals surface area contributed by atoms with Gasteiger partial charge < -0.3 is 0 Å². The number of hydrogen-bond donors (Lipinski definition) is 0. The van der Waals surface area contributed by atoms with Gasteiger partial charge in [0.2, 0.25) is 0 Å². The molecule has 0 saturated carbocycles. The molecule has 0 N–H and O–H groups in total. The summed E-state index contributed by atoms with van der Waals surface area (Å²) >= 11 is 0. The Labute approximate surface area is 310 Å². The lowest BCUT2D eigenvalue weighted by atomic mass is 9.72. The standard InChI is InChI=1S/2C25H26.CH4/c2*1-5-7-9-15-25(16-10-8-6-2)23-17-19(3)11-13-21(23)22-14-12-20(4)18-24(22)25;/h2*11-14,17-18H,5-6,15-16H2,1-4H3;1H4. The first-order chi connectivity index (χ1) is 24.2. The number of benzene rings is 4. The van der Waals surface area contributed by atoms with Crippen molar-refractivity contribution in [1.29, 1.82) is 0 Å². The van der Waals surface area contributed by atoms with Gasteiger partial charge in [0.1, 0.15) is 0 Å². The van der Waals surface area contributed by atoms with Gasteiger partial charge in [0, 0.05) is 62.2 Å². The molecule has 2 aliphatic rings. The molecule has 0 fully saturated rings. The van der Waals surface area contributed by atoms with Crippen molar-refractivity contribution in [2.75, 3.05) is 0 Å². The highest BCUT2D eigenvalue weighted by molar-refractivity contribution is 5.83. The zero-order valence-electron chi connectivity index (χ0n) is 31.6. The average Bonchev–Trinajstić information content (AvgIpc) is 3.51. The first kappa shape index (κ1) is 38.9. The summed E-state index contributed by atoms with van der Waals surface area (Å²) in [6.07, 6.45) is 6.96. The highest BCUT2D eigenvalue weighted by Gasteiger charge is 2.43. The maximum absolute atomic E-state index is 3.45. The lowest BCUT2D eigenvalue weighted by Crippen LogP contribution is -2.24. The molecule has 51 heavy (non-hydrogen) atoms. The molecule has 0 saturated heterocycles. The van der Waals surface area contributed by atoms with E-state index in [-0.39, 0.29) is 18.3 Å². The molecule has 0 heteroatoms. The van der Waals surface area contributed by atoms with Gasteiger partial charge >= 0.3 is 0 Å². The number of fused-ring (bicyclic) bond motifs is 6. The van der Waals surface area contributed by atoms with Crippen LogP contribution in [0.5, 0.6) is 0 Å². The first-order valence-corrected chi connectivity index (χ1v) is 18.5. The van der Waals surface area contributed by atoms with E-state index in [9.17, 15) is 0 Å². The van der Waals surface area contributed by atoms with E-state index in [2.05, 4.69) is 176 Å². The largest absolute Gasteiger partial charge is 0.104 e. The molecule has 0 unspecified atom stereocenters. The average molecular weight is 669 g/mol. The van der Waals surface area contributed by atoms with Crippen LogP contribution in [0.15, 0.2) is 72.8 Å². The van der Waals surface area contributed by atoms with Crippen LogP contribution < -0.4 is 0 Å². The topological polar surface area (TPSA) is 0 Å². The highest BCUT2D eigenvalue weighted by atomic mass is 14.4. The normalized spacial score (nSPS) is 12.9. The van der Waals surface area contributed by atoms with E-state index in [1.54, 1.807) is 0 Å². The van der Waals surface area contributed by atoms with Gasteiger partial charge in [-0.05, 0) is 72.2 Å². The van der Waals surface area contributed by atoms with Crippen LogP contribution in [0.1, 0.15) is 131 Å². The third-order valence-electron chi connectivity index (χ3n) is 10.1. The summed E-state index contributed by atoms with van der Waals surface area (Å²) in [6.45, 7) is 17.2. The lowest BCUT2D eigenvalue weighted by Gasteiger charge is -2.29.